The summed E-state index contributed by atoms with van der Waals surface area (Å²) >= 11 is 0. The quantitative estimate of drug-likeness (QED) is 0.314. The first kappa shape index (κ1) is 21.7. The second kappa shape index (κ2) is 9.08. The zero-order valence-electron chi connectivity index (χ0n) is 19.9. The average Bonchev–Trinajstić information content (AvgIpc) is 2.90. The molecule has 3 aromatic heterocycles. The first-order valence-electron chi connectivity index (χ1n) is 12.3. The Morgan fingerprint density at radius 1 is 0.800 bits per heavy atom. The summed E-state index contributed by atoms with van der Waals surface area (Å²) in [5.41, 5.74) is 6.94. The molecule has 2 aromatic carbocycles. The zero-order chi connectivity index (χ0) is 23.8. The molecule has 4 heterocycles. The van der Waals surface area contributed by atoms with Crippen LogP contribution in [-0.2, 0) is 6.54 Å². The summed E-state index contributed by atoms with van der Waals surface area (Å²) in [5.74, 6) is 0. The van der Waals surface area contributed by atoms with E-state index in [4.69, 9.17) is 0 Å². The average molecular weight is 461 g/mol. The Kier molecular flexibility index (Phi) is 5.63. The van der Waals surface area contributed by atoms with Crippen molar-refractivity contribution in [2.45, 2.75) is 32.7 Å². The van der Waals surface area contributed by atoms with Crippen LogP contribution in [0, 0.1) is 6.92 Å². The van der Waals surface area contributed by atoms with Crippen LogP contribution in [0.25, 0.3) is 38.6 Å². The van der Waals surface area contributed by atoms with Gasteiger partial charge < -0.3 is 0 Å². The lowest BCUT2D eigenvalue weighted by molar-refractivity contribution is 0.221. The molecular weight excluding hydrogens is 432 g/mol. The number of pyridine rings is 3. The molecule has 1 saturated heterocycles. The number of fused-ring (bicyclic) bond motifs is 3. The molecule has 0 aliphatic carbocycles. The molecule has 0 saturated carbocycles. The third-order valence-electron chi connectivity index (χ3n) is 7.01. The summed E-state index contributed by atoms with van der Waals surface area (Å²) in [6.07, 6.45) is 7.65. The Hall–Kier alpha value is -3.83. The van der Waals surface area contributed by atoms with Gasteiger partial charge in [-0.15, -0.1) is 0 Å². The molecule has 1 aliphatic heterocycles. The molecule has 6 rings (SSSR count). The van der Waals surface area contributed by atoms with E-state index in [1.807, 2.05) is 42.1 Å². The Labute approximate surface area is 204 Å². The SMILES string of the molecule is Cc1ccc(-c2ccc3ncc4ccc(=O)n(-c5ccc(CN6CCCCC6)cc5)c4c3c2)cn1. The maximum Gasteiger partial charge on any atom is 0.255 e. The van der Waals surface area contributed by atoms with Gasteiger partial charge in [-0.2, -0.15) is 0 Å². The van der Waals surface area contributed by atoms with Gasteiger partial charge in [-0.1, -0.05) is 30.7 Å². The van der Waals surface area contributed by atoms with Crippen LogP contribution in [0.3, 0.4) is 0 Å². The minimum absolute atomic E-state index is 0.0452. The molecule has 5 heteroatoms. The number of hydrogen-bond acceptors (Lipinski definition) is 4. The predicted octanol–water partition coefficient (Wildman–Crippen LogP) is 5.90. The molecule has 0 radical (unpaired) electrons. The molecule has 0 unspecified atom stereocenters. The van der Waals surface area contributed by atoms with Crippen molar-refractivity contribution in [2.24, 2.45) is 0 Å². The van der Waals surface area contributed by atoms with Crippen molar-refractivity contribution >= 4 is 21.8 Å². The third kappa shape index (κ3) is 4.24. The van der Waals surface area contributed by atoms with Gasteiger partial charge in [0.2, 0.25) is 0 Å². The van der Waals surface area contributed by atoms with E-state index in [1.54, 1.807) is 6.07 Å². The number of likely N-dealkylation sites (tertiary alicyclic amines) is 1. The number of aryl methyl sites for hydroxylation is 1. The normalized spacial score (nSPS) is 14.5. The van der Waals surface area contributed by atoms with E-state index in [9.17, 15) is 4.79 Å². The number of rotatable bonds is 4. The molecule has 0 bridgehead atoms. The van der Waals surface area contributed by atoms with Gasteiger partial charge >= 0.3 is 0 Å². The second-order valence-electron chi connectivity index (χ2n) is 9.49. The number of hydrogen-bond donors (Lipinski definition) is 0. The summed E-state index contributed by atoms with van der Waals surface area (Å²) in [6, 6.07) is 22.2. The van der Waals surface area contributed by atoms with Crippen LogP contribution >= 0.6 is 0 Å². The molecule has 1 aliphatic rings. The first-order valence-corrected chi connectivity index (χ1v) is 12.3. The number of piperidine rings is 1. The maximum atomic E-state index is 13.2. The molecular formula is C30H28N4O. The maximum absolute atomic E-state index is 13.2. The van der Waals surface area contributed by atoms with Gasteiger partial charge in [0.25, 0.3) is 5.56 Å². The van der Waals surface area contributed by atoms with E-state index in [1.165, 1.54) is 37.9 Å². The van der Waals surface area contributed by atoms with Crippen LogP contribution in [0.15, 0.2) is 83.9 Å². The fraction of sp³-hybridized carbons (Fsp3) is 0.233. The van der Waals surface area contributed by atoms with E-state index in [0.29, 0.717) is 0 Å². The molecule has 0 atom stereocenters. The van der Waals surface area contributed by atoms with Crippen LogP contribution in [-0.4, -0.2) is 32.5 Å². The van der Waals surface area contributed by atoms with Crippen molar-refractivity contribution < 1.29 is 0 Å². The highest BCUT2D eigenvalue weighted by Crippen LogP contribution is 2.29. The summed E-state index contributed by atoms with van der Waals surface area (Å²) in [7, 11) is 0. The van der Waals surface area contributed by atoms with Gasteiger partial charge in [0, 0.05) is 52.7 Å². The number of aromatic nitrogens is 3. The van der Waals surface area contributed by atoms with Crippen LogP contribution < -0.4 is 5.56 Å². The monoisotopic (exact) mass is 460 g/mol. The summed E-state index contributed by atoms with van der Waals surface area (Å²) in [4.78, 5) is 24.8. The Morgan fingerprint density at radius 2 is 1.60 bits per heavy atom. The highest BCUT2D eigenvalue weighted by molar-refractivity contribution is 6.05. The van der Waals surface area contributed by atoms with Gasteiger partial charge in [0.1, 0.15) is 0 Å². The van der Waals surface area contributed by atoms with E-state index < -0.39 is 0 Å². The number of nitrogens with zero attached hydrogens (tertiary/aromatic N) is 4. The molecule has 5 aromatic rings. The number of benzene rings is 2. The van der Waals surface area contributed by atoms with E-state index in [2.05, 4.69) is 57.3 Å². The van der Waals surface area contributed by atoms with Gasteiger partial charge in [-0.3, -0.25) is 24.2 Å². The van der Waals surface area contributed by atoms with Crippen LogP contribution in [0.5, 0.6) is 0 Å². The minimum atomic E-state index is -0.0452. The van der Waals surface area contributed by atoms with Crippen LogP contribution in [0.2, 0.25) is 0 Å². The van der Waals surface area contributed by atoms with E-state index >= 15 is 0 Å². The van der Waals surface area contributed by atoms with Crippen LogP contribution in [0.4, 0.5) is 0 Å². The second-order valence-corrected chi connectivity index (χ2v) is 9.49. The van der Waals surface area contributed by atoms with Crippen LogP contribution in [0.1, 0.15) is 30.5 Å². The molecule has 0 N–H and O–H groups in total. The molecule has 5 nitrogen and oxygen atoms in total. The topological polar surface area (TPSA) is 51.0 Å². The molecule has 0 spiro atoms. The van der Waals surface area contributed by atoms with Gasteiger partial charge in [0.05, 0.1) is 11.0 Å². The lowest BCUT2D eigenvalue weighted by Gasteiger charge is -2.26. The Morgan fingerprint density at radius 3 is 2.37 bits per heavy atom. The molecule has 35 heavy (non-hydrogen) atoms. The molecule has 1 fully saturated rings. The highest BCUT2D eigenvalue weighted by atomic mass is 16.1. The van der Waals surface area contributed by atoms with E-state index in [0.717, 1.165) is 50.9 Å². The summed E-state index contributed by atoms with van der Waals surface area (Å²) in [5, 5.41) is 1.89. The molecule has 174 valence electrons. The van der Waals surface area contributed by atoms with Gasteiger partial charge in [-0.25, -0.2) is 0 Å². The van der Waals surface area contributed by atoms with Crippen molar-refractivity contribution in [2.75, 3.05) is 13.1 Å². The van der Waals surface area contributed by atoms with Gasteiger partial charge in [-0.05, 0) is 80.4 Å². The van der Waals surface area contributed by atoms with Crippen molar-refractivity contribution in [1.82, 2.24) is 19.4 Å². The smallest absolute Gasteiger partial charge is 0.255 e. The fourth-order valence-electron chi connectivity index (χ4n) is 5.11. The third-order valence-corrected chi connectivity index (χ3v) is 7.01. The van der Waals surface area contributed by atoms with Crippen molar-refractivity contribution in [3.63, 3.8) is 0 Å². The van der Waals surface area contributed by atoms with Crippen molar-refractivity contribution in [3.05, 3.63) is 101 Å². The van der Waals surface area contributed by atoms with Crippen molar-refractivity contribution in [3.8, 4) is 16.8 Å². The highest BCUT2D eigenvalue weighted by Gasteiger charge is 2.13. The zero-order valence-corrected chi connectivity index (χ0v) is 19.9. The Balaban J connectivity index is 1.47. The fourth-order valence-corrected chi connectivity index (χ4v) is 5.11. The first-order chi connectivity index (χ1) is 17.2. The molecule has 0 amide bonds. The standard InChI is InChI=1S/C30H28N4O/c1-21-5-8-24(18-31-21)23-9-13-28-27(17-23)30-25(19-32-28)10-14-29(35)34(30)26-11-6-22(7-12-26)20-33-15-3-2-4-16-33/h5-14,17-19H,2-4,15-16,20H2,1H3. The lowest BCUT2D eigenvalue weighted by atomic mass is 10.0. The van der Waals surface area contributed by atoms with Crippen molar-refractivity contribution in [1.29, 1.82) is 0 Å². The lowest BCUT2D eigenvalue weighted by Crippen LogP contribution is -2.29. The van der Waals surface area contributed by atoms with E-state index in [-0.39, 0.29) is 5.56 Å². The minimum Gasteiger partial charge on any atom is -0.299 e. The summed E-state index contributed by atoms with van der Waals surface area (Å²) in [6.45, 7) is 5.29. The Bertz CT molecular complexity index is 1560. The predicted molar refractivity (Wildman–Crippen MR) is 142 cm³/mol. The van der Waals surface area contributed by atoms with Gasteiger partial charge in [0.15, 0.2) is 0 Å². The largest absolute Gasteiger partial charge is 0.299 e. The summed E-state index contributed by atoms with van der Waals surface area (Å²) < 4.78 is 1.82.